The van der Waals surface area contributed by atoms with E-state index < -0.39 is 18.4 Å². The Morgan fingerprint density at radius 2 is 2.24 bits per heavy atom. The molecule has 17 heavy (non-hydrogen) atoms. The zero-order valence-electron chi connectivity index (χ0n) is 8.92. The van der Waals surface area contributed by atoms with Crippen molar-refractivity contribution in [1.82, 2.24) is 0 Å². The first-order valence-corrected chi connectivity index (χ1v) is 5.00. The highest BCUT2D eigenvalue weighted by Gasteiger charge is 2.27. The molecule has 90 valence electrons. The molecule has 2 N–H and O–H groups in total. The van der Waals surface area contributed by atoms with Gasteiger partial charge in [0.05, 0.1) is 12.3 Å². The van der Waals surface area contributed by atoms with Crippen LogP contribution in [-0.2, 0) is 16.2 Å². The number of amides is 1. The second-order valence-electron chi connectivity index (χ2n) is 3.62. The van der Waals surface area contributed by atoms with E-state index in [-0.39, 0.29) is 13.2 Å². The Kier molecular flexibility index (Phi) is 2.97. The molecule has 0 saturated heterocycles. The molecule has 1 aromatic rings. The average Bonchev–Trinajstić information content (AvgIpc) is 2.32. The minimum Gasteiger partial charge on any atom is -0.482 e. The number of aliphatic hydroxyl groups excluding tert-OH is 1. The van der Waals surface area contributed by atoms with Gasteiger partial charge in [-0.2, -0.15) is 0 Å². The maximum Gasteiger partial charge on any atom is 0.323 e. The van der Waals surface area contributed by atoms with Gasteiger partial charge in [-0.05, 0) is 17.7 Å². The second-order valence-corrected chi connectivity index (χ2v) is 3.62. The van der Waals surface area contributed by atoms with Crippen LogP contribution in [0.3, 0.4) is 0 Å². The van der Waals surface area contributed by atoms with Gasteiger partial charge in [0.25, 0.3) is 5.91 Å². The Morgan fingerprint density at radius 3 is 2.88 bits per heavy atom. The number of carboxylic acids is 1. The van der Waals surface area contributed by atoms with Crippen LogP contribution in [0.25, 0.3) is 0 Å². The molecular weight excluding hydrogens is 226 g/mol. The summed E-state index contributed by atoms with van der Waals surface area (Å²) in [6.45, 7) is -0.759. The summed E-state index contributed by atoms with van der Waals surface area (Å²) >= 11 is 0. The van der Waals surface area contributed by atoms with Gasteiger partial charge in [0, 0.05) is 0 Å². The predicted octanol–water partition coefficient (Wildman–Crippen LogP) is -0.0111. The van der Waals surface area contributed by atoms with Crippen LogP contribution in [0.2, 0.25) is 0 Å². The van der Waals surface area contributed by atoms with Crippen LogP contribution in [0.1, 0.15) is 5.56 Å². The molecule has 0 spiro atoms. The molecule has 6 heteroatoms. The third-order valence-corrected chi connectivity index (χ3v) is 2.44. The molecule has 0 radical (unpaired) electrons. The lowest BCUT2D eigenvalue weighted by atomic mass is 10.1. The van der Waals surface area contributed by atoms with Crippen LogP contribution in [0.4, 0.5) is 5.69 Å². The van der Waals surface area contributed by atoms with E-state index >= 15 is 0 Å². The fourth-order valence-electron chi connectivity index (χ4n) is 1.65. The Hall–Kier alpha value is -2.08. The molecule has 0 atom stereocenters. The molecule has 0 aliphatic carbocycles. The van der Waals surface area contributed by atoms with Crippen molar-refractivity contribution in [2.75, 3.05) is 18.1 Å². The van der Waals surface area contributed by atoms with Crippen molar-refractivity contribution in [3.8, 4) is 5.75 Å². The smallest absolute Gasteiger partial charge is 0.323 e. The number of nitrogens with zero attached hydrogens (tertiary/aromatic N) is 1. The summed E-state index contributed by atoms with van der Waals surface area (Å²) in [4.78, 5) is 23.4. The molecule has 0 saturated carbocycles. The van der Waals surface area contributed by atoms with Gasteiger partial charge in [0.15, 0.2) is 6.61 Å². The first-order valence-electron chi connectivity index (χ1n) is 5.00. The van der Waals surface area contributed by atoms with E-state index in [1.54, 1.807) is 18.2 Å². The van der Waals surface area contributed by atoms with Crippen LogP contribution < -0.4 is 9.64 Å². The van der Waals surface area contributed by atoms with E-state index in [1.165, 1.54) is 0 Å². The summed E-state index contributed by atoms with van der Waals surface area (Å²) < 4.78 is 5.18. The van der Waals surface area contributed by atoms with Crippen molar-refractivity contribution >= 4 is 17.6 Å². The number of carboxylic acid groups (broad SMARTS) is 1. The Morgan fingerprint density at radius 1 is 1.47 bits per heavy atom. The number of carbonyl (C=O) groups excluding carboxylic acids is 1. The number of carbonyl (C=O) groups is 2. The van der Waals surface area contributed by atoms with E-state index in [0.717, 1.165) is 4.90 Å². The third kappa shape index (κ3) is 2.21. The summed E-state index contributed by atoms with van der Waals surface area (Å²) in [6, 6.07) is 4.82. The van der Waals surface area contributed by atoms with Crippen molar-refractivity contribution in [2.24, 2.45) is 0 Å². The molecular formula is C11H11NO5. The largest absolute Gasteiger partial charge is 0.482 e. The van der Waals surface area contributed by atoms with E-state index in [0.29, 0.717) is 17.0 Å². The minimum absolute atomic E-state index is 0.168. The SMILES string of the molecule is O=C(O)CN1C(=O)COc2ccc(CO)cc21. The number of rotatable bonds is 3. The summed E-state index contributed by atoms with van der Waals surface area (Å²) in [5.41, 5.74) is 0.979. The van der Waals surface area contributed by atoms with E-state index in [4.69, 9.17) is 14.9 Å². The summed E-state index contributed by atoms with van der Waals surface area (Å²) in [6.07, 6.45) is 0. The van der Waals surface area contributed by atoms with Crippen molar-refractivity contribution in [3.63, 3.8) is 0 Å². The fourth-order valence-corrected chi connectivity index (χ4v) is 1.65. The standard InChI is InChI=1S/C11H11NO5/c13-5-7-1-2-9-8(3-7)12(4-11(15)16)10(14)6-17-9/h1-3,13H,4-6H2,(H,15,16). The highest BCUT2D eigenvalue weighted by Crippen LogP contribution is 2.32. The lowest BCUT2D eigenvalue weighted by molar-refractivity contribution is -0.137. The van der Waals surface area contributed by atoms with Gasteiger partial charge in [0.2, 0.25) is 0 Å². The summed E-state index contributed by atoms with van der Waals surface area (Å²) in [5.74, 6) is -1.06. The van der Waals surface area contributed by atoms with Gasteiger partial charge >= 0.3 is 5.97 Å². The van der Waals surface area contributed by atoms with Crippen LogP contribution in [0.15, 0.2) is 18.2 Å². The second kappa shape index (κ2) is 4.42. The zero-order valence-corrected chi connectivity index (χ0v) is 8.92. The van der Waals surface area contributed by atoms with Crippen LogP contribution in [-0.4, -0.2) is 35.2 Å². The summed E-state index contributed by atoms with van der Waals surface area (Å²) in [7, 11) is 0. The Labute approximate surface area is 97.0 Å². The number of aliphatic hydroxyl groups is 1. The average molecular weight is 237 g/mol. The molecule has 1 aliphatic heterocycles. The number of hydrogen-bond acceptors (Lipinski definition) is 4. The normalized spacial score (nSPS) is 14.2. The topological polar surface area (TPSA) is 87.1 Å². The number of anilines is 1. The van der Waals surface area contributed by atoms with E-state index in [9.17, 15) is 9.59 Å². The van der Waals surface area contributed by atoms with E-state index in [1.807, 2.05) is 0 Å². The number of fused-ring (bicyclic) bond motifs is 1. The van der Waals surface area contributed by atoms with Gasteiger partial charge in [-0.15, -0.1) is 0 Å². The van der Waals surface area contributed by atoms with Crippen molar-refractivity contribution in [3.05, 3.63) is 23.8 Å². The monoisotopic (exact) mass is 237 g/mol. The quantitative estimate of drug-likeness (QED) is 0.772. The molecule has 1 heterocycles. The molecule has 2 rings (SSSR count). The fraction of sp³-hybridized carbons (Fsp3) is 0.273. The van der Waals surface area contributed by atoms with Crippen LogP contribution in [0, 0.1) is 0 Å². The third-order valence-electron chi connectivity index (χ3n) is 2.44. The van der Waals surface area contributed by atoms with Crippen molar-refractivity contribution in [1.29, 1.82) is 0 Å². The first kappa shape index (κ1) is 11.4. The molecule has 0 unspecified atom stereocenters. The molecule has 0 bridgehead atoms. The molecule has 6 nitrogen and oxygen atoms in total. The molecule has 1 aromatic carbocycles. The molecule has 0 fully saturated rings. The van der Waals surface area contributed by atoms with E-state index in [2.05, 4.69) is 0 Å². The van der Waals surface area contributed by atoms with Gasteiger partial charge < -0.3 is 14.9 Å². The number of hydrogen-bond donors (Lipinski definition) is 2. The highest BCUT2D eigenvalue weighted by atomic mass is 16.5. The lowest BCUT2D eigenvalue weighted by Crippen LogP contribution is -2.42. The van der Waals surface area contributed by atoms with Crippen LogP contribution >= 0.6 is 0 Å². The Balaban J connectivity index is 2.41. The van der Waals surface area contributed by atoms with Crippen molar-refractivity contribution in [2.45, 2.75) is 6.61 Å². The maximum absolute atomic E-state index is 11.6. The van der Waals surface area contributed by atoms with Gasteiger partial charge in [-0.25, -0.2) is 0 Å². The Bertz CT molecular complexity index is 471. The number of aliphatic carboxylic acids is 1. The molecule has 0 aromatic heterocycles. The number of benzene rings is 1. The molecule has 1 amide bonds. The zero-order chi connectivity index (χ0) is 12.4. The van der Waals surface area contributed by atoms with Crippen molar-refractivity contribution < 1.29 is 24.5 Å². The first-order chi connectivity index (χ1) is 8.11. The molecule has 1 aliphatic rings. The lowest BCUT2D eigenvalue weighted by Gasteiger charge is -2.28. The van der Waals surface area contributed by atoms with Crippen LogP contribution in [0.5, 0.6) is 5.75 Å². The highest BCUT2D eigenvalue weighted by molar-refractivity contribution is 6.01. The van der Waals surface area contributed by atoms with Gasteiger partial charge in [0.1, 0.15) is 12.3 Å². The maximum atomic E-state index is 11.6. The van der Waals surface area contributed by atoms with Gasteiger partial charge in [-0.1, -0.05) is 6.07 Å². The minimum atomic E-state index is -1.10. The summed E-state index contributed by atoms with van der Waals surface area (Å²) in [5, 5.41) is 17.8. The number of ether oxygens (including phenoxy) is 1. The predicted molar refractivity (Wildman–Crippen MR) is 57.8 cm³/mol. The van der Waals surface area contributed by atoms with Gasteiger partial charge in [-0.3, -0.25) is 14.5 Å².